The summed E-state index contributed by atoms with van der Waals surface area (Å²) < 4.78 is 106. The summed E-state index contributed by atoms with van der Waals surface area (Å²) in [4.78, 5) is 0. The Hall–Kier alpha value is -1.58. The summed E-state index contributed by atoms with van der Waals surface area (Å²) in [6.45, 7) is 4.64. The van der Waals surface area contributed by atoms with Crippen molar-refractivity contribution in [2.75, 3.05) is 12.3 Å². The molecule has 0 amide bonds. The van der Waals surface area contributed by atoms with Crippen LogP contribution in [-0.4, -0.2) is 20.7 Å². The first-order chi connectivity index (χ1) is 28.8. The average Bonchev–Trinajstić information content (AvgIpc) is 3.19. The van der Waals surface area contributed by atoms with Gasteiger partial charge in [-0.2, -0.15) is 0 Å². The molecule has 12 nitrogen and oxygen atoms in total. The summed E-state index contributed by atoms with van der Waals surface area (Å²) in [5, 5.41) is 8.78. The van der Waals surface area contributed by atoms with Gasteiger partial charge in [0.1, 0.15) is 46.4 Å². The van der Waals surface area contributed by atoms with Crippen LogP contribution in [0.4, 0.5) is 0 Å². The van der Waals surface area contributed by atoms with E-state index in [0.717, 1.165) is 12.3 Å². The third kappa shape index (κ3) is 24.6. The molecular formula is C40H42Br4Mn4O12P2. The van der Waals surface area contributed by atoms with Crippen LogP contribution >= 0.6 is 71.0 Å². The molecule has 0 saturated carbocycles. The summed E-state index contributed by atoms with van der Waals surface area (Å²) in [7, 11) is -3.07. The molecule has 6 aromatic carbocycles. The molecule has 6 aromatic rings. The summed E-state index contributed by atoms with van der Waals surface area (Å²) in [5.74, 6) is 0. The molecule has 0 aromatic heterocycles. The van der Waals surface area contributed by atoms with Crippen LogP contribution in [-0.2, 0) is 75.6 Å². The van der Waals surface area contributed by atoms with Crippen molar-refractivity contribution in [3.63, 3.8) is 0 Å². The molecule has 2 N–H and O–H groups in total. The summed E-state index contributed by atoms with van der Waals surface area (Å²) >= 11 is -10.1. The minimum atomic E-state index is -4.56. The monoisotopic (exact) mass is 1310 g/mol. The fraction of sp³-hybridized carbons (Fsp3) is 0.100. The molecule has 0 unspecified atom stereocenters. The van der Waals surface area contributed by atoms with E-state index in [1.807, 2.05) is 56.4 Å². The zero-order valence-electron chi connectivity index (χ0n) is 32.6. The van der Waals surface area contributed by atoms with Crippen molar-refractivity contribution in [1.82, 2.24) is 0 Å². The Bertz CT molecular complexity index is 2160. The topological polar surface area (TPSA) is 223 Å². The molecule has 62 heavy (non-hydrogen) atoms. The fourth-order valence-corrected chi connectivity index (χ4v) is 14.2. The molecule has 0 aliphatic carbocycles. The van der Waals surface area contributed by atoms with Crippen LogP contribution in [0.3, 0.4) is 0 Å². The van der Waals surface area contributed by atoms with Crippen LogP contribution in [0.5, 0.6) is 0 Å². The van der Waals surface area contributed by atoms with E-state index in [0.29, 0.717) is 0 Å². The molecule has 6 rings (SSSR count). The van der Waals surface area contributed by atoms with Gasteiger partial charge in [0.05, 0.1) is 12.3 Å². The van der Waals surface area contributed by atoms with Crippen LogP contribution in [0.1, 0.15) is 13.8 Å². The summed E-state index contributed by atoms with van der Waals surface area (Å²) in [6.07, 6.45) is 2.29. The zero-order valence-corrected chi connectivity index (χ0v) is 45.5. The van der Waals surface area contributed by atoms with Crippen molar-refractivity contribution < 1.29 is 92.4 Å². The van der Waals surface area contributed by atoms with Crippen molar-refractivity contribution in [2.24, 2.45) is 0 Å². The van der Waals surface area contributed by atoms with Crippen LogP contribution in [0.15, 0.2) is 182 Å². The second-order valence-corrected chi connectivity index (χ2v) is 36.3. The van der Waals surface area contributed by atoms with Crippen molar-refractivity contribution in [3.8, 4) is 0 Å². The Morgan fingerprint density at radius 3 is 0.532 bits per heavy atom. The quantitative estimate of drug-likeness (QED) is 0.117. The van der Waals surface area contributed by atoms with E-state index in [1.54, 1.807) is 0 Å². The van der Waals surface area contributed by atoms with Crippen molar-refractivity contribution in [3.05, 3.63) is 182 Å². The van der Waals surface area contributed by atoms with Gasteiger partial charge in [0.25, 0.3) is 0 Å². The van der Waals surface area contributed by atoms with Gasteiger partial charge in [-0.25, -0.2) is 0 Å². The van der Waals surface area contributed by atoms with E-state index >= 15 is 0 Å². The zero-order chi connectivity index (χ0) is 47.1. The van der Waals surface area contributed by atoms with E-state index in [4.69, 9.17) is 47.4 Å². The van der Waals surface area contributed by atoms with Crippen LogP contribution in [0, 0.1) is 0 Å². The van der Waals surface area contributed by atoms with Gasteiger partial charge in [0.2, 0.25) is 0 Å². The normalized spacial score (nSPS) is 11.4. The molecule has 0 radical (unpaired) electrons. The van der Waals surface area contributed by atoms with Gasteiger partial charge in [0, 0.05) is 0 Å². The van der Waals surface area contributed by atoms with Gasteiger partial charge < -0.3 is 0 Å². The maximum absolute atomic E-state index is 9.16. The Morgan fingerprint density at radius 1 is 0.355 bits per heavy atom. The number of halogens is 4. The molecular weight excluding hydrogens is 1270 g/mol. The Kier molecular flexibility index (Phi) is 26.8. The Labute approximate surface area is 398 Å². The summed E-state index contributed by atoms with van der Waals surface area (Å²) in [5.41, 5.74) is 0. The van der Waals surface area contributed by atoms with E-state index in [-0.39, 0.29) is 0 Å². The molecule has 0 spiro atoms. The van der Waals surface area contributed by atoms with Crippen molar-refractivity contribution in [2.45, 2.75) is 13.8 Å². The van der Waals surface area contributed by atoms with Gasteiger partial charge >= 0.3 is 149 Å². The average molecular weight is 1320 g/mol. The Balaban J connectivity index is 0.000000435. The SMILES string of the molecule is CC[P+](c1ccccc1)(c1ccccc1)c1ccccc1.CC[P+](c1ccccc1)(c1ccccc1)c1ccccc1.[O]=[Mn](=[O])([O-])[Br].[O]=[Mn](=[O])([O-])[Br].[O]=[Mn](=[O])([OH])[Br].[O]=[Mn](=[O])([OH])[Br]. The third-order valence-corrected chi connectivity index (χ3v) is 17.1. The van der Waals surface area contributed by atoms with Gasteiger partial charge in [-0.3, -0.25) is 0 Å². The third-order valence-electron chi connectivity index (χ3n) is 8.13. The first-order valence-electron chi connectivity index (χ1n) is 17.3. The van der Waals surface area contributed by atoms with E-state index in [9.17, 15) is 0 Å². The first-order valence-corrected chi connectivity index (χ1v) is 38.8. The van der Waals surface area contributed by atoms with Gasteiger partial charge in [-0.15, -0.1) is 0 Å². The predicted molar refractivity (Wildman–Crippen MR) is 237 cm³/mol. The molecule has 340 valence electrons. The standard InChI is InChI=1S/2C20H20P.4BrH.4Mn.2H2O.10O/c2*1-2-21(18-12-6-3-7-13-18,19-14-8-4-9-15-19)20-16-10-5-11-17-20;;;;;;;;;;;;;;;;;;;;/h2*3-17H,2H2,1H3;4*1H;;;;;2*1H2;;;;;;;;;;/q2*+1;;;;;2*+1;2*+2;;;;;;;;;;;2*-1/p-6. The molecule has 0 aliphatic rings. The van der Waals surface area contributed by atoms with Crippen LogP contribution in [0.25, 0.3) is 0 Å². The minimum absolute atomic E-state index is 1.14. The Morgan fingerprint density at radius 2 is 0.452 bits per heavy atom. The number of hydrogen-bond donors (Lipinski definition) is 2. The van der Waals surface area contributed by atoms with E-state index in [2.05, 4.69) is 196 Å². The number of benzene rings is 6. The molecule has 0 heterocycles. The first kappa shape index (κ1) is 58.4. The van der Waals surface area contributed by atoms with Gasteiger partial charge in [-0.1, -0.05) is 109 Å². The van der Waals surface area contributed by atoms with Gasteiger partial charge in [0.15, 0.2) is 0 Å². The second-order valence-electron chi connectivity index (χ2n) is 11.8. The van der Waals surface area contributed by atoms with Crippen LogP contribution < -0.4 is 40.2 Å². The maximum atomic E-state index is 9.16. The molecule has 0 atom stereocenters. The molecule has 0 aliphatic heterocycles. The van der Waals surface area contributed by atoms with Crippen LogP contribution in [0.2, 0.25) is 0 Å². The molecule has 22 heteroatoms. The van der Waals surface area contributed by atoms with E-state index < -0.39 is 59.4 Å². The predicted octanol–water partition coefficient (Wildman–Crippen LogP) is 6.93. The fourth-order valence-electron chi connectivity index (χ4n) is 6.08. The summed E-state index contributed by atoms with van der Waals surface area (Å²) in [6, 6.07) is 66.0. The molecule has 0 fully saturated rings. The molecule has 0 saturated heterocycles. The van der Waals surface area contributed by atoms with Crippen molar-refractivity contribution in [1.29, 1.82) is 0 Å². The van der Waals surface area contributed by atoms with Gasteiger partial charge in [-0.05, 0) is 86.6 Å². The van der Waals surface area contributed by atoms with Crippen molar-refractivity contribution >= 4 is 103 Å². The van der Waals surface area contributed by atoms with E-state index in [1.165, 1.54) is 31.8 Å². The molecule has 0 bridgehead atoms. The number of hydrogen-bond acceptors (Lipinski definition) is 10. The second kappa shape index (κ2) is 28.5. The number of rotatable bonds is 8.